The molecule has 8 heteroatoms. The minimum Gasteiger partial charge on any atom is -0.329 e. The van der Waals surface area contributed by atoms with E-state index in [9.17, 15) is 8.42 Å². The third-order valence-corrected chi connectivity index (χ3v) is 5.58. The summed E-state index contributed by atoms with van der Waals surface area (Å²) < 4.78 is 27.5. The Morgan fingerprint density at radius 3 is 2.52 bits per heavy atom. The molecule has 0 spiro atoms. The highest BCUT2D eigenvalue weighted by atomic mass is 35.5. The van der Waals surface area contributed by atoms with E-state index < -0.39 is 15.6 Å². The van der Waals surface area contributed by atoms with E-state index in [0.29, 0.717) is 0 Å². The summed E-state index contributed by atoms with van der Waals surface area (Å²) in [6.07, 6.45) is 3.40. The van der Waals surface area contributed by atoms with Crippen molar-refractivity contribution in [2.45, 2.75) is 36.1 Å². The lowest BCUT2D eigenvalue weighted by Crippen LogP contribution is -2.51. The molecule has 21 heavy (non-hydrogen) atoms. The van der Waals surface area contributed by atoms with Gasteiger partial charge >= 0.3 is 0 Å². The van der Waals surface area contributed by atoms with Crippen LogP contribution in [0.5, 0.6) is 0 Å². The largest absolute Gasteiger partial charge is 0.329 e. The molecule has 3 N–H and O–H groups in total. The lowest BCUT2D eigenvalue weighted by Gasteiger charge is -2.28. The van der Waals surface area contributed by atoms with E-state index in [0.717, 1.165) is 25.7 Å². The number of sulfonamides is 1. The molecule has 5 nitrogen and oxygen atoms in total. The molecule has 0 aliphatic heterocycles. The Morgan fingerprint density at radius 1 is 1.38 bits per heavy atom. The third-order valence-electron chi connectivity index (χ3n) is 3.67. The number of nitrogens with zero attached hydrogens (tertiary/aromatic N) is 1. The van der Waals surface area contributed by atoms with Crippen molar-refractivity contribution in [3.05, 3.63) is 28.8 Å². The first-order valence-corrected chi connectivity index (χ1v) is 8.22. The molecule has 1 aliphatic rings. The average molecular weight is 350 g/mol. The van der Waals surface area contributed by atoms with Crippen LogP contribution in [0.2, 0.25) is 5.02 Å². The Morgan fingerprint density at radius 2 is 2.00 bits per heavy atom. The van der Waals surface area contributed by atoms with E-state index in [4.69, 9.17) is 22.6 Å². The molecular formula is C13H17Cl2N3O2S. The van der Waals surface area contributed by atoms with Crippen LogP contribution in [-0.4, -0.2) is 20.5 Å². The molecule has 0 saturated heterocycles. The fourth-order valence-corrected chi connectivity index (χ4v) is 4.16. The lowest BCUT2D eigenvalue weighted by atomic mass is 10.0. The van der Waals surface area contributed by atoms with Crippen LogP contribution in [0.1, 0.15) is 31.2 Å². The highest BCUT2D eigenvalue weighted by molar-refractivity contribution is 7.89. The first kappa shape index (κ1) is 18.2. The highest BCUT2D eigenvalue weighted by Gasteiger charge is 2.36. The van der Waals surface area contributed by atoms with Crippen LogP contribution in [0.25, 0.3) is 0 Å². The van der Waals surface area contributed by atoms with Crippen molar-refractivity contribution in [3.63, 3.8) is 0 Å². The molecule has 0 amide bonds. The van der Waals surface area contributed by atoms with Gasteiger partial charge in [-0.15, -0.1) is 12.4 Å². The molecule has 1 aromatic carbocycles. The zero-order valence-corrected chi connectivity index (χ0v) is 13.7. The molecule has 1 fully saturated rings. The molecule has 1 aromatic rings. The quantitative estimate of drug-likeness (QED) is 0.870. The van der Waals surface area contributed by atoms with Crippen molar-refractivity contribution >= 4 is 34.0 Å². The molecule has 1 aliphatic carbocycles. The van der Waals surface area contributed by atoms with Crippen LogP contribution < -0.4 is 10.5 Å². The number of rotatable bonds is 4. The van der Waals surface area contributed by atoms with Gasteiger partial charge in [-0.3, -0.25) is 0 Å². The second-order valence-electron chi connectivity index (χ2n) is 5.05. The molecule has 2 rings (SSSR count). The SMILES string of the molecule is Cl.N#Cc1cc(S(=O)(=O)NC2(CN)CCCC2)ccc1Cl. The van der Waals surface area contributed by atoms with Crippen molar-refractivity contribution in [1.29, 1.82) is 5.26 Å². The van der Waals surface area contributed by atoms with Crippen LogP contribution in [0, 0.1) is 11.3 Å². The first-order valence-electron chi connectivity index (χ1n) is 6.36. The molecular weight excluding hydrogens is 333 g/mol. The van der Waals surface area contributed by atoms with Gasteiger partial charge in [0.2, 0.25) is 10.0 Å². The van der Waals surface area contributed by atoms with Crippen molar-refractivity contribution < 1.29 is 8.42 Å². The van der Waals surface area contributed by atoms with Gasteiger partial charge in [-0.25, -0.2) is 13.1 Å². The maximum absolute atomic E-state index is 12.4. The standard InChI is InChI=1S/C13H16ClN3O2S.ClH/c14-12-4-3-11(7-10(12)8-15)20(18,19)17-13(9-16)5-1-2-6-13;/h3-4,7,17H,1-2,5-6,9,16H2;1H. The Hall–Kier alpha value is -0.840. The minimum atomic E-state index is -3.70. The van der Waals surface area contributed by atoms with Crippen LogP contribution in [0.15, 0.2) is 23.1 Å². The van der Waals surface area contributed by atoms with Gasteiger partial charge in [-0.05, 0) is 31.0 Å². The zero-order chi connectivity index (χ0) is 14.8. The summed E-state index contributed by atoms with van der Waals surface area (Å²) in [4.78, 5) is 0.0400. The minimum absolute atomic E-state index is 0. The van der Waals surface area contributed by atoms with Gasteiger partial charge in [-0.1, -0.05) is 24.4 Å². The molecule has 0 bridgehead atoms. The number of benzene rings is 1. The third kappa shape index (κ3) is 3.87. The Kier molecular flexibility index (Phi) is 6.02. The van der Waals surface area contributed by atoms with Gasteiger partial charge in [0, 0.05) is 12.1 Å². The predicted octanol–water partition coefficient (Wildman–Crippen LogP) is 2.18. The fraction of sp³-hybridized carbons (Fsp3) is 0.462. The summed E-state index contributed by atoms with van der Waals surface area (Å²) in [6.45, 7) is 0.269. The van der Waals surface area contributed by atoms with E-state index in [2.05, 4.69) is 4.72 Å². The first-order chi connectivity index (χ1) is 9.42. The van der Waals surface area contributed by atoms with Gasteiger partial charge in [0.25, 0.3) is 0 Å². The molecule has 1 saturated carbocycles. The fourth-order valence-electron chi connectivity index (χ4n) is 2.50. The summed E-state index contributed by atoms with van der Waals surface area (Å²) in [5.74, 6) is 0. The van der Waals surface area contributed by atoms with E-state index in [1.54, 1.807) is 0 Å². The highest BCUT2D eigenvalue weighted by Crippen LogP contribution is 2.30. The average Bonchev–Trinajstić information content (AvgIpc) is 2.87. The number of halogens is 2. The number of nitriles is 1. The summed E-state index contributed by atoms with van der Waals surface area (Å²) in [5.41, 5.74) is 5.31. The summed E-state index contributed by atoms with van der Waals surface area (Å²) >= 11 is 5.81. The molecule has 0 radical (unpaired) electrons. The van der Waals surface area contributed by atoms with Crippen LogP contribution in [-0.2, 0) is 10.0 Å². The van der Waals surface area contributed by atoms with Crippen LogP contribution in [0.4, 0.5) is 0 Å². The van der Waals surface area contributed by atoms with E-state index in [1.165, 1.54) is 18.2 Å². The lowest BCUT2D eigenvalue weighted by molar-refractivity contribution is 0.399. The van der Waals surface area contributed by atoms with E-state index in [1.807, 2.05) is 6.07 Å². The van der Waals surface area contributed by atoms with Gasteiger partial charge in [0.15, 0.2) is 0 Å². The Bertz CT molecular complexity index is 650. The maximum Gasteiger partial charge on any atom is 0.241 e. The number of nitrogens with two attached hydrogens (primary N) is 1. The second kappa shape index (κ2) is 6.95. The van der Waals surface area contributed by atoms with Crippen molar-refractivity contribution in [3.8, 4) is 6.07 Å². The predicted molar refractivity (Wildman–Crippen MR) is 84.0 cm³/mol. The normalized spacial score (nSPS) is 17.0. The second-order valence-corrected chi connectivity index (χ2v) is 7.14. The topological polar surface area (TPSA) is 96.0 Å². The summed E-state index contributed by atoms with van der Waals surface area (Å²) in [5, 5.41) is 9.16. The van der Waals surface area contributed by atoms with Crippen LogP contribution in [0.3, 0.4) is 0 Å². The van der Waals surface area contributed by atoms with E-state index in [-0.39, 0.29) is 34.4 Å². The smallest absolute Gasteiger partial charge is 0.241 e. The number of hydrogen-bond donors (Lipinski definition) is 2. The van der Waals surface area contributed by atoms with Crippen molar-refractivity contribution in [2.75, 3.05) is 6.54 Å². The van der Waals surface area contributed by atoms with Crippen molar-refractivity contribution in [1.82, 2.24) is 4.72 Å². The summed E-state index contributed by atoms with van der Waals surface area (Å²) in [7, 11) is -3.70. The van der Waals surface area contributed by atoms with Crippen molar-refractivity contribution in [2.24, 2.45) is 5.73 Å². The summed E-state index contributed by atoms with van der Waals surface area (Å²) in [6, 6.07) is 5.97. The van der Waals surface area contributed by atoms with Gasteiger partial charge < -0.3 is 5.73 Å². The molecule has 0 aromatic heterocycles. The number of nitrogens with one attached hydrogen (secondary N) is 1. The Labute approximate surface area is 135 Å². The zero-order valence-electron chi connectivity index (χ0n) is 11.3. The van der Waals surface area contributed by atoms with E-state index >= 15 is 0 Å². The molecule has 0 heterocycles. The monoisotopic (exact) mass is 349 g/mol. The van der Waals surface area contributed by atoms with Gasteiger partial charge in [-0.2, -0.15) is 5.26 Å². The van der Waals surface area contributed by atoms with Gasteiger partial charge in [0.1, 0.15) is 6.07 Å². The molecule has 116 valence electrons. The Balaban J connectivity index is 0.00000220. The van der Waals surface area contributed by atoms with Crippen LogP contribution >= 0.6 is 24.0 Å². The maximum atomic E-state index is 12.4. The number of hydrogen-bond acceptors (Lipinski definition) is 4. The van der Waals surface area contributed by atoms with Gasteiger partial charge in [0.05, 0.1) is 15.5 Å². The molecule has 0 atom stereocenters. The molecule has 0 unspecified atom stereocenters.